The zero-order valence-corrected chi connectivity index (χ0v) is 30.8. The van der Waals surface area contributed by atoms with Crippen LogP contribution in [0, 0.1) is 0 Å². The number of hydrogen-bond donors (Lipinski definition) is 0. The van der Waals surface area contributed by atoms with E-state index in [-0.39, 0.29) is 0 Å². The largest absolute Gasteiger partial charge is 0.455 e. The van der Waals surface area contributed by atoms with Crippen molar-refractivity contribution in [3.8, 4) is 67.5 Å². The fraction of sp³-hybridized carbons (Fsp3) is 0. The first-order chi connectivity index (χ1) is 28.3. The minimum absolute atomic E-state index is 0.610. The van der Waals surface area contributed by atoms with Gasteiger partial charge < -0.3 is 4.42 Å². The molecule has 0 bridgehead atoms. The molecule has 0 aliphatic carbocycles. The molecule has 4 nitrogen and oxygen atoms in total. The second-order valence-electron chi connectivity index (χ2n) is 14.3. The van der Waals surface area contributed by atoms with Gasteiger partial charge in [0, 0.05) is 33.0 Å². The zero-order valence-electron chi connectivity index (χ0n) is 30.8. The Balaban J connectivity index is 1.15. The summed E-state index contributed by atoms with van der Waals surface area (Å²) in [6, 6.07) is 69.8. The predicted octanol–water partition coefficient (Wildman–Crippen LogP) is 14.1. The lowest BCUT2D eigenvalue weighted by Gasteiger charge is -2.16. The molecule has 57 heavy (non-hydrogen) atoms. The topological polar surface area (TPSA) is 51.8 Å². The molecule has 0 spiro atoms. The van der Waals surface area contributed by atoms with Crippen molar-refractivity contribution in [2.75, 3.05) is 0 Å². The third kappa shape index (κ3) is 5.66. The van der Waals surface area contributed by atoms with Crippen LogP contribution in [0.1, 0.15) is 0 Å². The van der Waals surface area contributed by atoms with Crippen molar-refractivity contribution >= 4 is 43.5 Å². The summed E-state index contributed by atoms with van der Waals surface area (Å²) in [6.07, 6.45) is 0. The monoisotopic (exact) mass is 727 g/mol. The van der Waals surface area contributed by atoms with Gasteiger partial charge in [0.15, 0.2) is 17.5 Å². The zero-order chi connectivity index (χ0) is 37.7. The third-order valence-corrected chi connectivity index (χ3v) is 11.0. The summed E-state index contributed by atoms with van der Waals surface area (Å²) >= 11 is 0. The minimum Gasteiger partial charge on any atom is -0.455 e. The lowest BCUT2D eigenvalue weighted by Crippen LogP contribution is -2.02. The Morgan fingerprint density at radius 3 is 1.61 bits per heavy atom. The van der Waals surface area contributed by atoms with Crippen LogP contribution in [-0.2, 0) is 0 Å². The van der Waals surface area contributed by atoms with E-state index in [9.17, 15) is 0 Å². The van der Waals surface area contributed by atoms with E-state index < -0.39 is 0 Å². The maximum absolute atomic E-state index is 6.52. The van der Waals surface area contributed by atoms with Crippen molar-refractivity contribution in [3.63, 3.8) is 0 Å². The Morgan fingerprint density at radius 1 is 0.281 bits per heavy atom. The highest BCUT2D eigenvalue weighted by molar-refractivity contribution is 6.13. The molecule has 0 atom stereocenters. The number of benzene rings is 9. The van der Waals surface area contributed by atoms with Gasteiger partial charge in [0.25, 0.3) is 0 Å². The van der Waals surface area contributed by atoms with Crippen LogP contribution in [0.15, 0.2) is 205 Å². The van der Waals surface area contributed by atoms with E-state index in [1.165, 1.54) is 0 Å². The molecule has 0 aliphatic heterocycles. The summed E-state index contributed by atoms with van der Waals surface area (Å²) in [5.74, 6) is 1.85. The second kappa shape index (κ2) is 13.6. The highest BCUT2D eigenvalue weighted by atomic mass is 16.3. The standard InChI is InChI=1S/C53H33N3O/c1-3-14-34(15-4-1)35-26-28-38(29-27-35)51-54-52(56-53(55-51)49-39-19-8-7-18-37(39)30-31-40(49)36-16-5-2-6-17-36)47-33-32-43(41-20-9-10-21-42(41)47)45-23-13-24-46-44-22-11-12-25-48(44)57-50(45)46/h1-33H. The number of nitrogens with zero attached hydrogens (tertiary/aromatic N) is 3. The molecular weight excluding hydrogens is 695 g/mol. The molecule has 2 aromatic heterocycles. The number of furan rings is 1. The van der Waals surface area contributed by atoms with Crippen LogP contribution >= 0.6 is 0 Å². The smallest absolute Gasteiger partial charge is 0.165 e. The minimum atomic E-state index is 0.610. The second-order valence-corrected chi connectivity index (χ2v) is 14.3. The Bertz CT molecular complexity index is 3280. The van der Waals surface area contributed by atoms with Crippen LogP contribution < -0.4 is 0 Å². The molecule has 0 unspecified atom stereocenters. The van der Waals surface area contributed by atoms with Gasteiger partial charge in [-0.2, -0.15) is 0 Å². The van der Waals surface area contributed by atoms with E-state index in [2.05, 4.69) is 176 Å². The number of hydrogen-bond acceptors (Lipinski definition) is 4. The maximum atomic E-state index is 6.52. The lowest BCUT2D eigenvalue weighted by molar-refractivity contribution is 0.670. The normalized spacial score (nSPS) is 11.5. The SMILES string of the molecule is c1ccc(-c2ccc(-c3nc(-c4c(-c5ccccc5)ccc5ccccc45)nc(-c4ccc(-c5cccc6c5oc5ccccc56)c5ccccc45)n3)cc2)cc1. The molecule has 0 saturated heterocycles. The molecule has 0 amide bonds. The van der Waals surface area contributed by atoms with Gasteiger partial charge in [-0.05, 0) is 61.5 Å². The average Bonchev–Trinajstić information content (AvgIpc) is 3.68. The van der Waals surface area contributed by atoms with Gasteiger partial charge >= 0.3 is 0 Å². The van der Waals surface area contributed by atoms with Crippen LogP contribution in [0.2, 0.25) is 0 Å². The van der Waals surface area contributed by atoms with Crippen molar-refractivity contribution in [1.82, 2.24) is 15.0 Å². The Morgan fingerprint density at radius 2 is 0.825 bits per heavy atom. The molecule has 0 aliphatic rings. The summed E-state index contributed by atoms with van der Waals surface area (Å²) in [7, 11) is 0. The summed E-state index contributed by atoms with van der Waals surface area (Å²) in [5.41, 5.74) is 11.2. The van der Waals surface area contributed by atoms with E-state index in [0.29, 0.717) is 17.5 Å². The highest BCUT2D eigenvalue weighted by Crippen LogP contribution is 2.42. The molecule has 11 rings (SSSR count). The third-order valence-electron chi connectivity index (χ3n) is 11.0. The number of para-hydroxylation sites is 2. The quantitative estimate of drug-likeness (QED) is 0.171. The van der Waals surface area contributed by atoms with Crippen molar-refractivity contribution in [3.05, 3.63) is 200 Å². The first kappa shape index (κ1) is 32.7. The first-order valence-corrected chi connectivity index (χ1v) is 19.2. The predicted molar refractivity (Wildman–Crippen MR) is 235 cm³/mol. The summed E-state index contributed by atoms with van der Waals surface area (Å²) in [4.78, 5) is 16.0. The van der Waals surface area contributed by atoms with E-state index >= 15 is 0 Å². The van der Waals surface area contributed by atoms with Gasteiger partial charge in [-0.1, -0.05) is 188 Å². The molecule has 0 radical (unpaired) electrons. The molecule has 11 aromatic rings. The van der Waals surface area contributed by atoms with Crippen LogP contribution in [0.25, 0.3) is 111 Å². The molecule has 2 heterocycles. The van der Waals surface area contributed by atoms with E-state index in [4.69, 9.17) is 19.4 Å². The van der Waals surface area contributed by atoms with Crippen LogP contribution in [0.3, 0.4) is 0 Å². The van der Waals surface area contributed by atoms with Crippen molar-refractivity contribution in [2.24, 2.45) is 0 Å². The number of aromatic nitrogens is 3. The molecule has 0 N–H and O–H groups in total. The molecule has 0 fully saturated rings. The first-order valence-electron chi connectivity index (χ1n) is 19.2. The van der Waals surface area contributed by atoms with E-state index in [1.807, 2.05) is 24.3 Å². The Kier molecular flexibility index (Phi) is 7.78. The summed E-state index contributed by atoms with van der Waals surface area (Å²) in [6.45, 7) is 0. The van der Waals surface area contributed by atoms with Crippen LogP contribution in [0.4, 0.5) is 0 Å². The highest BCUT2D eigenvalue weighted by Gasteiger charge is 2.21. The van der Waals surface area contributed by atoms with Crippen molar-refractivity contribution < 1.29 is 4.42 Å². The number of rotatable bonds is 6. The van der Waals surface area contributed by atoms with Gasteiger partial charge in [-0.15, -0.1) is 0 Å². The maximum Gasteiger partial charge on any atom is 0.165 e. The Hall–Kier alpha value is -7.69. The van der Waals surface area contributed by atoms with Crippen LogP contribution in [-0.4, -0.2) is 15.0 Å². The van der Waals surface area contributed by atoms with Crippen molar-refractivity contribution in [2.45, 2.75) is 0 Å². The molecule has 4 heteroatoms. The summed E-state index contributed by atoms with van der Waals surface area (Å²) < 4.78 is 6.52. The molecule has 0 saturated carbocycles. The lowest BCUT2D eigenvalue weighted by atomic mass is 9.93. The van der Waals surface area contributed by atoms with Gasteiger partial charge in [-0.25, -0.2) is 15.0 Å². The van der Waals surface area contributed by atoms with E-state index in [0.717, 1.165) is 93.6 Å². The van der Waals surface area contributed by atoms with Gasteiger partial charge in [-0.3, -0.25) is 0 Å². The van der Waals surface area contributed by atoms with Crippen molar-refractivity contribution in [1.29, 1.82) is 0 Å². The molecular formula is C53H33N3O. The average molecular weight is 728 g/mol. The fourth-order valence-corrected chi connectivity index (χ4v) is 8.24. The van der Waals surface area contributed by atoms with Crippen LogP contribution in [0.5, 0.6) is 0 Å². The summed E-state index contributed by atoms with van der Waals surface area (Å²) in [5, 5.41) is 6.56. The van der Waals surface area contributed by atoms with E-state index in [1.54, 1.807) is 0 Å². The van der Waals surface area contributed by atoms with Gasteiger partial charge in [0.05, 0.1) is 0 Å². The van der Waals surface area contributed by atoms with Gasteiger partial charge in [0.1, 0.15) is 11.2 Å². The number of fused-ring (bicyclic) bond motifs is 5. The fourth-order valence-electron chi connectivity index (χ4n) is 8.24. The molecule has 266 valence electrons. The molecule has 9 aromatic carbocycles. The Labute approximate surface area is 329 Å². The van der Waals surface area contributed by atoms with Gasteiger partial charge in [0.2, 0.25) is 0 Å².